The van der Waals surface area contributed by atoms with Gasteiger partial charge in [0.1, 0.15) is 5.65 Å². The number of aliphatic hydroxyl groups excluding tert-OH is 1. The summed E-state index contributed by atoms with van der Waals surface area (Å²) < 4.78 is 41.2. The van der Waals surface area contributed by atoms with Gasteiger partial charge >= 0.3 is 6.18 Å². The number of hydrogen-bond donors (Lipinski definition) is 1. The van der Waals surface area contributed by atoms with E-state index in [9.17, 15) is 18.0 Å². The molecule has 2 heterocycles. The lowest BCUT2D eigenvalue weighted by molar-refractivity contribution is -0.137. The van der Waals surface area contributed by atoms with E-state index in [1.54, 1.807) is 18.2 Å². The predicted molar refractivity (Wildman–Crippen MR) is 87.7 cm³/mol. The molecule has 3 rings (SSSR count). The van der Waals surface area contributed by atoms with E-state index < -0.39 is 17.3 Å². The molecular weight excluding hydrogens is 333 g/mol. The first kappa shape index (κ1) is 17.2. The van der Waals surface area contributed by atoms with Gasteiger partial charge in [0.15, 0.2) is 0 Å². The van der Waals surface area contributed by atoms with Gasteiger partial charge in [-0.25, -0.2) is 4.98 Å². The molecule has 7 heteroatoms. The summed E-state index contributed by atoms with van der Waals surface area (Å²) in [6, 6.07) is 9.90. The molecule has 25 heavy (non-hydrogen) atoms. The third kappa shape index (κ3) is 3.28. The fraction of sp³-hybridized carbons (Fsp3) is 0.222. The summed E-state index contributed by atoms with van der Waals surface area (Å²) in [5.41, 5.74) is -1.21. The number of hydrogen-bond acceptors (Lipinski definition) is 3. The summed E-state index contributed by atoms with van der Waals surface area (Å²) in [4.78, 5) is 17.0. The van der Waals surface area contributed by atoms with Crippen LogP contribution in [0, 0.1) is 0 Å². The van der Waals surface area contributed by atoms with Crippen molar-refractivity contribution < 1.29 is 18.3 Å². The second kappa shape index (κ2) is 6.68. The summed E-state index contributed by atoms with van der Waals surface area (Å²) in [6.45, 7) is -0.107. The minimum atomic E-state index is -4.60. The Morgan fingerprint density at radius 2 is 1.88 bits per heavy atom. The highest BCUT2D eigenvalue weighted by Gasteiger charge is 2.34. The highest BCUT2D eigenvalue weighted by molar-refractivity contribution is 5.77. The molecule has 0 saturated carbocycles. The molecule has 0 atom stereocenters. The largest absolute Gasteiger partial charge is 0.418 e. The minimum absolute atomic E-state index is 0.107. The summed E-state index contributed by atoms with van der Waals surface area (Å²) in [5.74, 6) is 0. The third-order valence-corrected chi connectivity index (χ3v) is 3.89. The summed E-state index contributed by atoms with van der Waals surface area (Å²) in [7, 11) is 0. The Morgan fingerprint density at radius 1 is 1.12 bits per heavy atom. The highest BCUT2D eigenvalue weighted by atomic mass is 19.4. The van der Waals surface area contributed by atoms with Crippen molar-refractivity contribution in [1.29, 1.82) is 0 Å². The molecule has 0 unspecified atom stereocenters. The zero-order valence-electron chi connectivity index (χ0n) is 13.1. The lowest BCUT2D eigenvalue weighted by Crippen LogP contribution is -2.25. The van der Waals surface area contributed by atoms with Crippen molar-refractivity contribution >= 4 is 11.0 Å². The topological polar surface area (TPSA) is 55.1 Å². The van der Waals surface area contributed by atoms with Gasteiger partial charge in [0.05, 0.1) is 11.3 Å². The Balaban J connectivity index is 2.37. The zero-order valence-corrected chi connectivity index (χ0v) is 13.1. The number of fused-ring (bicyclic) bond motifs is 1. The molecule has 0 spiro atoms. The van der Waals surface area contributed by atoms with Crippen LogP contribution < -0.4 is 5.56 Å². The number of benzene rings is 1. The number of pyridine rings is 2. The van der Waals surface area contributed by atoms with E-state index in [0.29, 0.717) is 17.4 Å². The predicted octanol–water partition coefficient (Wildman–Crippen LogP) is 3.33. The zero-order chi connectivity index (χ0) is 18.0. The van der Waals surface area contributed by atoms with Gasteiger partial charge in [0.25, 0.3) is 5.56 Å². The molecule has 0 saturated heterocycles. The quantitative estimate of drug-likeness (QED) is 0.787. The first-order chi connectivity index (χ1) is 11.9. The average Bonchev–Trinajstić information content (AvgIpc) is 2.59. The third-order valence-electron chi connectivity index (χ3n) is 3.89. The SMILES string of the molecule is O=c1c(CCCO)cc2cccnc2n1-c1ccccc1C(F)(F)F. The summed E-state index contributed by atoms with van der Waals surface area (Å²) in [5, 5.41) is 9.56. The fourth-order valence-electron chi connectivity index (χ4n) is 2.78. The Bertz CT molecular complexity index is 964. The van der Waals surface area contributed by atoms with Crippen molar-refractivity contribution in [3.05, 3.63) is 70.1 Å². The van der Waals surface area contributed by atoms with E-state index in [2.05, 4.69) is 4.98 Å². The van der Waals surface area contributed by atoms with Crippen LogP contribution in [0.15, 0.2) is 53.5 Å². The van der Waals surface area contributed by atoms with Crippen molar-refractivity contribution in [1.82, 2.24) is 9.55 Å². The van der Waals surface area contributed by atoms with Crippen molar-refractivity contribution in [3.63, 3.8) is 0 Å². The second-order valence-electron chi connectivity index (χ2n) is 5.57. The van der Waals surface area contributed by atoms with Crippen LogP contribution in [0.5, 0.6) is 0 Å². The van der Waals surface area contributed by atoms with Gasteiger partial charge in [0, 0.05) is 23.8 Å². The Morgan fingerprint density at radius 3 is 2.60 bits per heavy atom. The number of para-hydroxylation sites is 1. The summed E-state index contributed by atoms with van der Waals surface area (Å²) >= 11 is 0. The maximum absolute atomic E-state index is 13.4. The number of alkyl halides is 3. The summed E-state index contributed by atoms with van der Waals surface area (Å²) in [6.07, 6.45) is -2.55. The average molecular weight is 348 g/mol. The van der Waals surface area contributed by atoms with Gasteiger partial charge in [-0.05, 0) is 43.2 Å². The minimum Gasteiger partial charge on any atom is -0.396 e. The maximum atomic E-state index is 13.4. The van der Waals surface area contributed by atoms with Crippen molar-refractivity contribution in [2.45, 2.75) is 19.0 Å². The van der Waals surface area contributed by atoms with Gasteiger partial charge in [-0.2, -0.15) is 13.2 Å². The van der Waals surface area contributed by atoms with Gasteiger partial charge in [-0.15, -0.1) is 0 Å². The molecule has 130 valence electrons. The van der Waals surface area contributed by atoms with Gasteiger partial charge in [-0.3, -0.25) is 9.36 Å². The highest BCUT2D eigenvalue weighted by Crippen LogP contribution is 2.34. The molecule has 3 aromatic rings. The van der Waals surface area contributed by atoms with E-state index in [0.717, 1.165) is 10.6 Å². The van der Waals surface area contributed by atoms with Crippen LogP contribution in [-0.2, 0) is 12.6 Å². The molecule has 0 radical (unpaired) electrons. The van der Waals surface area contributed by atoms with Crippen molar-refractivity contribution in [3.8, 4) is 5.69 Å². The van der Waals surface area contributed by atoms with E-state index in [4.69, 9.17) is 5.11 Å². The van der Waals surface area contributed by atoms with Gasteiger partial charge in [-0.1, -0.05) is 12.1 Å². The van der Waals surface area contributed by atoms with E-state index in [-0.39, 0.29) is 24.4 Å². The first-order valence-electron chi connectivity index (χ1n) is 7.70. The van der Waals surface area contributed by atoms with E-state index >= 15 is 0 Å². The van der Waals surface area contributed by atoms with Gasteiger partial charge in [0.2, 0.25) is 0 Å². The van der Waals surface area contributed by atoms with Crippen LogP contribution in [0.4, 0.5) is 13.2 Å². The Kier molecular flexibility index (Phi) is 4.59. The smallest absolute Gasteiger partial charge is 0.396 e. The van der Waals surface area contributed by atoms with E-state index in [1.165, 1.54) is 24.4 Å². The number of aromatic nitrogens is 2. The molecule has 0 aliphatic heterocycles. The van der Waals surface area contributed by atoms with Gasteiger partial charge < -0.3 is 5.11 Å². The monoisotopic (exact) mass is 348 g/mol. The molecule has 0 aliphatic rings. The molecular formula is C18H15F3N2O2. The Labute approximate surface area is 141 Å². The molecule has 1 N–H and O–H groups in total. The van der Waals surface area contributed by atoms with Crippen LogP contribution in [0.2, 0.25) is 0 Å². The van der Waals surface area contributed by atoms with Crippen LogP contribution in [0.1, 0.15) is 17.5 Å². The molecule has 1 aromatic carbocycles. The standard InChI is InChI=1S/C18H15F3N2O2/c19-18(20,21)14-7-1-2-8-15(14)23-16-12(5-3-9-22-16)11-13(17(23)25)6-4-10-24/h1-3,5,7-9,11,24H,4,6,10H2. The number of nitrogens with zero attached hydrogens (tertiary/aromatic N) is 2. The number of aliphatic hydroxyl groups is 1. The van der Waals surface area contributed by atoms with Crippen LogP contribution in [-0.4, -0.2) is 21.3 Å². The van der Waals surface area contributed by atoms with Crippen LogP contribution >= 0.6 is 0 Å². The lowest BCUT2D eigenvalue weighted by atomic mass is 10.1. The van der Waals surface area contributed by atoms with Crippen molar-refractivity contribution in [2.24, 2.45) is 0 Å². The maximum Gasteiger partial charge on any atom is 0.418 e. The van der Waals surface area contributed by atoms with E-state index in [1.807, 2.05) is 0 Å². The van der Waals surface area contributed by atoms with Crippen LogP contribution in [0.3, 0.4) is 0 Å². The molecule has 2 aromatic heterocycles. The lowest BCUT2D eigenvalue weighted by Gasteiger charge is -2.17. The number of halogens is 3. The molecule has 0 bridgehead atoms. The Hall–Kier alpha value is -2.67. The van der Waals surface area contributed by atoms with Crippen LogP contribution in [0.25, 0.3) is 16.7 Å². The fourth-order valence-corrected chi connectivity index (χ4v) is 2.78. The van der Waals surface area contributed by atoms with Crippen molar-refractivity contribution in [2.75, 3.05) is 6.61 Å². The first-order valence-corrected chi connectivity index (χ1v) is 7.70. The number of aryl methyl sites for hydroxylation is 1. The molecule has 0 fully saturated rings. The molecule has 4 nitrogen and oxygen atoms in total. The normalized spacial score (nSPS) is 11.8. The number of rotatable bonds is 4. The molecule has 0 amide bonds. The second-order valence-corrected chi connectivity index (χ2v) is 5.57. The molecule has 0 aliphatic carbocycles.